The lowest BCUT2D eigenvalue weighted by atomic mass is 9.95. The van der Waals surface area contributed by atoms with E-state index in [1.807, 2.05) is 23.1 Å². The third kappa shape index (κ3) is 4.12. The lowest BCUT2D eigenvalue weighted by molar-refractivity contribution is -0.136. The number of imidazole rings is 1. The molecule has 1 N–H and O–H groups in total. The number of aromatic nitrogens is 2. The molecule has 0 saturated carbocycles. The highest BCUT2D eigenvalue weighted by atomic mass is 16.5. The fourth-order valence-electron chi connectivity index (χ4n) is 3.47. The molecule has 136 valence electrons. The first-order valence-electron chi connectivity index (χ1n) is 9.10. The first-order chi connectivity index (χ1) is 12.1. The number of rotatable bonds is 6. The van der Waals surface area contributed by atoms with E-state index in [9.17, 15) is 4.79 Å². The summed E-state index contributed by atoms with van der Waals surface area (Å²) in [4.78, 5) is 25.0. The zero-order valence-electron chi connectivity index (χ0n) is 15.4. The summed E-state index contributed by atoms with van der Waals surface area (Å²) in [6.07, 6.45) is 2.68. The van der Waals surface area contributed by atoms with Crippen molar-refractivity contribution in [2.24, 2.45) is 5.92 Å². The number of carbonyl (C=O) groups is 1. The van der Waals surface area contributed by atoms with E-state index in [-0.39, 0.29) is 5.92 Å². The molecule has 1 aromatic heterocycles. The van der Waals surface area contributed by atoms with Crippen LogP contribution in [-0.4, -0.2) is 66.0 Å². The van der Waals surface area contributed by atoms with Gasteiger partial charge in [-0.1, -0.05) is 0 Å². The van der Waals surface area contributed by atoms with Gasteiger partial charge >= 0.3 is 0 Å². The SMILES string of the molecule is CCN(CCc1nc2ccc(OC)cc2[nH]1)C(=O)C1CCN(C)CC1. The number of nitrogens with one attached hydrogen (secondary N) is 1. The number of methoxy groups -OCH3 is 1. The third-order valence-electron chi connectivity index (χ3n) is 5.12. The molecule has 1 aliphatic heterocycles. The topological polar surface area (TPSA) is 61.5 Å². The van der Waals surface area contributed by atoms with Gasteiger partial charge in [-0.05, 0) is 52.0 Å². The molecule has 0 bridgehead atoms. The quantitative estimate of drug-likeness (QED) is 0.873. The zero-order chi connectivity index (χ0) is 17.8. The maximum Gasteiger partial charge on any atom is 0.225 e. The Kier molecular flexibility index (Phi) is 5.58. The number of piperidine rings is 1. The second-order valence-electron chi connectivity index (χ2n) is 6.81. The molecule has 1 amide bonds. The predicted molar refractivity (Wildman–Crippen MR) is 98.8 cm³/mol. The Labute approximate surface area is 149 Å². The van der Waals surface area contributed by atoms with Gasteiger partial charge in [-0.3, -0.25) is 4.79 Å². The molecule has 6 heteroatoms. The van der Waals surface area contributed by atoms with Crippen LogP contribution in [0.25, 0.3) is 11.0 Å². The number of aromatic amines is 1. The van der Waals surface area contributed by atoms with Gasteiger partial charge in [0.1, 0.15) is 11.6 Å². The minimum atomic E-state index is 0.177. The number of amides is 1. The van der Waals surface area contributed by atoms with E-state index in [2.05, 4.69) is 28.8 Å². The van der Waals surface area contributed by atoms with Crippen molar-refractivity contribution in [2.45, 2.75) is 26.2 Å². The smallest absolute Gasteiger partial charge is 0.225 e. The highest BCUT2D eigenvalue weighted by Crippen LogP contribution is 2.20. The number of carbonyl (C=O) groups excluding carboxylic acids is 1. The Morgan fingerprint density at radius 2 is 2.16 bits per heavy atom. The molecule has 6 nitrogen and oxygen atoms in total. The summed E-state index contributed by atoms with van der Waals surface area (Å²) in [6.45, 7) is 5.53. The summed E-state index contributed by atoms with van der Waals surface area (Å²) in [6, 6.07) is 5.82. The normalized spacial score (nSPS) is 16.3. The average Bonchev–Trinajstić information content (AvgIpc) is 3.04. The van der Waals surface area contributed by atoms with Gasteiger partial charge < -0.3 is 19.5 Å². The summed E-state index contributed by atoms with van der Waals surface area (Å²) in [5, 5.41) is 0. The number of ether oxygens (including phenoxy) is 1. The van der Waals surface area contributed by atoms with Crippen LogP contribution < -0.4 is 4.74 Å². The summed E-state index contributed by atoms with van der Waals surface area (Å²) >= 11 is 0. The Morgan fingerprint density at radius 3 is 2.84 bits per heavy atom. The number of H-pyrrole nitrogens is 1. The van der Waals surface area contributed by atoms with Gasteiger partial charge in [0.15, 0.2) is 0 Å². The van der Waals surface area contributed by atoms with Gasteiger partial charge in [0.05, 0.1) is 18.1 Å². The van der Waals surface area contributed by atoms with E-state index >= 15 is 0 Å². The molecular formula is C19H28N4O2. The largest absolute Gasteiger partial charge is 0.497 e. The molecule has 1 fully saturated rings. The monoisotopic (exact) mass is 344 g/mol. The Balaban J connectivity index is 1.61. The molecule has 2 heterocycles. The molecule has 2 aromatic rings. The molecule has 0 radical (unpaired) electrons. The standard InChI is InChI=1S/C19H28N4O2/c1-4-23(19(24)14-7-10-22(2)11-8-14)12-9-18-20-16-6-5-15(25-3)13-17(16)21-18/h5-6,13-14H,4,7-12H2,1-3H3,(H,20,21). The highest BCUT2D eigenvalue weighted by molar-refractivity contribution is 5.79. The van der Waals surface area contributed by atoms with E-state index in [1.165, 1.54) is 0 Å². The van der Waals surface area contributed by atoms with Crippen LogP contribution in [0.5, 0.6) is 5.75 Å². The van der Waals surface area contributed by atoms with Gasteiger partial charge in [-0.2, -0.15) is 0 Å². The van der Waals surface area contributed by atoms with Crippen molar-refractivity contribution in [3.05, 3.63) is 24.0 Å². The molecular weight excluding hydrogens is 316 g/mol. The van der Waals surface area contributed by atoms with Gasteiger partial charge in [0, 0.05) is 31.5 Å². The highest BCUT2D eigenvalue weighted by Gasteiger charge is 2.26. The number of benzene rings is 1. The van der Waals surface area contributed by atoms with Crippen molar-refractivity contribution in [3.63, 3.8) is 0 Å². The molecule has 1 saturated heterocycles. The summed E-state index contributed by atoms with van der Waals surface area (Å²) in [5.74, 6) is 2.21. The van der Waals surface area contributed by atoms with Crippen LogP contribution in [0.4, 0.5) is 0 Å². The minimum Gasteiger partial charge on any atom is -0.497 e. The molecule has 0 atom stereocenters. The van der Waals surface area contributed by atoms with Crippen LogP contribution >= 0.6 is 0 Å². The first kappa shape index (κ1) is 17.7. The van der Waals surface area contributed by atoms with Crippen molar-refractivity contribution >= 4 is 16.9 Å². The minimum absolute atomic E-state index is 0.177. The van der Waals surface area contributed by atoms with Crippen molar-refractivity contribution in [3.8, 4) is 5.75 Å². The van der Waals surface area contributed by atoms with E-state index in [4.69, 9.17) is 4.74 Å². The van der Waals surface area contributed by atoms with Crippen molar-refractivity contribution in [2.75, 3.05) is 40.3 Å². The maximum atomic E-state index is 12.8. The van der Waals surface area contributed by atoms with E-state index in [0.717, 1.165) is 61.5 Å². The molecule has 3 rings (SSSR count). The Hall–Kier alpha value is -2.08. The number of hydrogen-bond acceptors (Lipinski definition) is 4. The summed E-state index contributed by atoms with van der Waals surface area (Å²) < 4.78 is 5.25. The zero-order valence-corrected chi connectivity index (χ0v) is 15.4. The van der Waals surface area contributed by atoms with E-state index in [1.54, 1.807) is 7.11 Å². The Morgan fingerprint density at radius 1 is 1.40 bits per heavy atom. The van der Waals surface area contributed by atoms with Crippen LogP contribution in [0.2, 0.25) is 0 Å². The van der Waals surface area contributed by atoms with E-state index in [0.29, 0.717) is 12.5 Å². The lowest BCUT2D eigenvalue weighted by Gasteiger charge is -2.32. The van der Waals surface area contributed by atoms with Gasteiger partial charge in [-0.25, -0.2) is 4.98 Å². The lowest BCUT2D eigenvalue weighted by Crippen LogP contribution is -2.42. The summed E-state index contributed by atoms with van der Waals surface area (Å²) in [7, 11) is 3.78. The number of likely N-dealkylation sites (tertiary alicyclic amines) is 1. The molecule has 1 aromatic carbocycles. The van der Waals surface area contributed by atoms with Crippen LogP contribution in [0, 0.1) is 5.92 Å². The maximum absolute atomic E-state index is 12.8. The van der Waals surface area contributed by atoms with Crippen molar-refractivity contribution < 1.29 is 9.53 Å². The van der Waals surface area contributed by atoms with Crippen molar-refractivity contribution in [1.82, 2.24) is 19.8 Å². The molecule has 0 unspecified atom stereocenters. The van der Waals surface area contributed by atoms with Crippen LogP contribution in [0.15, 0.2) is 18.2 Å². The predicted octanol–water partition coefficient (Wildman–Crippen LogP) is 2.30. The average molecular weight is 344 g/mol. The molecule has 25 heavy (non-hydrogen) atoms. The van der Waals surface area contributed by atoms with Gasteiger partial charge in [-0.15, -0.1) is 0 Å². The number of fused-ring (bicyclic) bond motifs is 1. The fourth-order valence-corrected chi connectivity index (χ4v) is 3.47. The van der Waals surface area contributed by atoms with E-state index < -0.39 is 0 Å². The number of nitrogens with zero attached hydrogens (tertiary/aromatic N) is 3. The van der Waals surface area contributed by atoms with Crippen LogP contribution in [0.1, 0.15) is 25.6 Å². The van der Waals surface area contributed by atoms with Gasteiger partial charge in [0.2, 0.25) is 5.91 Å². The number of likely N-dealkylation sites (N-methyl/N-ethyl adjacent to an activating group) is 1. The van der Waals surface area contributed by atoms with Crippen molar-refractivity contribution in [1.29, 1.82) is 0 Å². The fraction of sp³-hybridized carbons (Fsp3) is 0.579. The van der Waals surface area contributed by atoms with Crippen LogP contribution in [0.3, 0.4) is 0 Å². The van der Waals surface area contributed by atoms with Gasteiger partial charge in [0.25, 0.3) is 0 Å². The second-order valence-corrected chi connectivity index (χ2v) is 6.81. The van der Waals surface area contributed by atoms with Crippen LogP contribution in [-0.2, 0) is 11.2 Å². The molecule has 0 spiro atoms. The third-order valence-corrected chi connectivity index (χ3v) is 5.12. The number of hydrogen-bond donors (Lipinski definition) is 1. The molecule has 0 aliphatic carbocycles. The molecule has 1 aliphatic rings. The Bertz CT molecular complexity index is 719. The summed E-state index contributed by atoms with van der Waals surface area (Å²) in [5.41, 5.74) is 1.90. The second kappa shape index (κ2) is 7.87. The first-order valence-corrected chi connectivity index (χ1v) is 9.10.